The molecule has 138 valence electrons. The van der Waals surface area contributed by atoms with Crippen molar-refractivity contribution in [1.82, 2.24) is 4.90 Å². The fourth-order valence-electron chi connectivity index (χ4n) is 2.77. The van der Waals surface area contributed by atoms with Crippen LogP contribution in [0.5, 0.6) is 0 Å². The van der Waals surface area contributed by atoms with Gasteiger partial charge in [-0.15, -0.1) is 0 Å². The van der Waals surface area contributed by atoms with Gasteiger partial charge in [-0.3, -0.25) is 10.1 Å². The summed E-state index contributed by atoms with van der Waals surface area (Å²) in [5.41, 5.74) is 0.259. The van der Waals surface area contributed by atoms with Crippen molar-refractivity contribution in [1.29, 1.82) is 0 Å². The van der Waals surface area contributed by atoms with Gasteiger partial charge in [-0.1, -0.05) is 18.2 Å². The SMILES string of the molecule is COC(=O)C1=CN(C)C=C(C(=O)OC(C)C)C1c1ccccc1[N+](=O)[O-]. The van der Waals surface area contributed by atoms with Gasteiger partial charge in [-0.2, -0.15) is 0 Å². The first-order valence-electron chi connectivity index (χ1n) is 7.94. The lowest BCUT2D eigenvalue weighted by Gasteiger charge is -2.28. The van der Waals surface area contributed by atoms with Crippen LogP contribution < -0.4 is 0 Å². The van der Waals surface area contributed by atoms with E-state index in [9.17, 15) is 19.7 Å². The number of para-hydroxylation sites is 1. The average Bonchev–Trinajstić information content (AvgIpc) is 2.59. The number of nitro benzene ring substituents is 1. The Labute approximate surface area is 150 Å². The molecule has 8 heteroatoms. The lowest BCUT2D eigenvalue weighted by molar-refractivity contribution is -0.385. The number of nitro groups is 1. The molecule has 0 fully saturated rings. The molecule has 0 saturated heterocycles. The van der Waals surface area contributed by atoms with Gasteiger partial charge < -0.3 is 14.4 Å². The normalized spacial score (nSPS) is 16.7. The van der Waals surface area contributed by atoms with Gasteiger partial charge in [0.05, 0.1) is 35.2 Å². The first-order chi connectivity index (χ1) is 12.3. The highest BCUT2D eigenvalue weighted by molar-refractivity contribution is 5.99. The molecule has 0 bridgehead atoms. The average molecular weight is 360 g/mol. The van der Waals surface area contributed by atoms with E-state index in [-0.39, 0.29) is 28.5 Å². The van der Waals surface area contributed by atoms with E-state index in [2.05, 4.69) is 0 Å². The van der Waals surface area contributed by atoms with Crippen molar-refractivity contribution in [3.8, 4) is 0 Å². The quantitative estimate of drug-likeness (QED) is 0.452. The van der Waals surface area contributed by atoms with E-state index in [0.29, 0.717) is 0 Å². The number of carbonyl (C=O) groups excluding carboxylic acids is 2. The van der Waals surface area contributed by atoms with E-state index >= 15 is 0 Å². The van der Waals surface area contributed by atoms with E-state index < -0.39 is 22.8 Å². The van der Waals surface area contributed by atoms with Crippen molar-refractivity contribution in [3.63, 3.8) is 0 Å². The molecular weight excluding hydrogens is 340 g/mol. The Kier molecular flexibility index (Phi) is 5.76. The molecule has 8 nitrogen and oxygen atoms in total. The summed E-state index contributed by atoms with van der Waals surface area (Å²) < 4.78 is 10.1. The smallest absolute Gasteiger partial charge is 0.336 e. The third kappa shape index (κ3) is 3.90. The van der Waals surface area contributed by atoms with Gasteiger partial charge in [0.15, 0.2) is 0 Å². The molecule has 1 aromatic carbocycles. The van der Waals surface area contributed by atoms with Crippen molar-refractivity contribution < 1.29 is 24.0 Å². The highest BCUT2D eigenvalue weighted by Crippen LogP contribution is 2.40. The van der Waals surface area contributed by atoms with Crippen LogP contribution in [0.3, 0.4) is 0 Å². The minimum Gasteiger partial charge on any atom is -0.466 e. The number of ether oxygens (including phenoxy) is 2. The summed E-state index contributed by atoms with van der Waals surface area (Å²) in [6.45, 7) is 3.39. The van der Waals surface area contributed by atoms with Crippen LogP contribution in [0.4, 0.5) is 5.69 Å². The number of hydrogen-bond acceptors (Lipinski definition) is 7. The molecule has 0 amide bonds. The first-order valence-corrected chi connectivity index (χ1v) is 7.94. The molecule has 1 aromatic rings. The summed E-state index contributed by atoms with van der Waals surface area (Å²) in [5, 5.41) is 11.5. The molecule has 0 saturated carbocycles. The van der Waals surface area contributed by atoms with Crippen LogP contribution in [-0.4, -0.2) is 42.0 Å². The summed E-state index contributed by atoms with van der Waals surface area (Å²) in [4.78, 5) is 37.3. The fourth-order valence-corrected chi connectivity index (χ4v) is 2.77. The number of esters is 2. The maximum absolute atomic E-state index is 12.6. The number of nitrogens with zero attached hydrogens (tertiary/aromatic N) is 2. The van der Waals surface area contributed by atoms with Crippen molar-refractivity contribution in [2.24, 2.45) is 0 Å². The second-order valence-corrected chi connectivity index (χ2v) is 6.03. The maximum Gasteiger partial charge on any atom is 0.336 e. The van der Waals surface area contributed by atoms with E-state index in [4.69, 9.17) is 9.47 Å². The van der Waals surface area contributed by atoms with Gasteiger partial charge in [0.2, 0.25) is 0 Å². The van der Waals surface area contributed by atoms with Gasteiger partial charge in [0, 0.05) is 31.1 Å². The Balaban J connectivity index is 2.65. The van der Waals surface area contributed by atoms with E-state index in [1.165, 1.54) is 42.6 Å². The molecule has 2 rings (SSSR count). The number of methoxy groups -OCH3 is 1. The van der Waals surface area contributed by atoms with Crippen LogP contribution in [0.1, 0.15) is 25.3 Å². The van der Waals surface area contributed by atoms with Gasteiger partial charge in [-0.05, 0) is 13.8 Å². The van der Waals surface area contributed by atoms with Crippen LogP contribution in [0.2, 0.25) is 0 Å². The van der Waals surface area contributed by atoms with E-state index in [1.54, 1.807) is 27.0 Å². The van der Waals surface area contributed by atoms with E-state index in [0.717, 1.165) is 0 Å². The lowest BCUT2D eigenvalue weighted by Crippen LogP contribution is -2.29. The second-order valence-electron chi connectivity index (χ2n) is 6.03. The van der Waals surface area contributed by atoms with Gasteiger partial charge >= 0.3 is 11.9 Å². The monoisotopic (exact) mass is 360 g/mol. The number of carbonyl (C=O) groups is 2. The molecule has 0 radical (unpaired) electrons. The molecule has 1 aliphatic heterocycles. The van der Waals surface area contributed by atoms with Crippen molar-refractivity contribution in [3.05, 3.63) is 63.5 Å². The zero-order chi connectivity index (χ0) is 19.4. The largest absolute Gasteiger partial charge is 0.466 e. The second kappa shape index (κ2) is 7.81. The summed E-state index contributed by atoms with van der Waals surface area (Å²) in [6, 6.07) is 5.98. The van der Waals surface area contributed by atoms with Gasteiger partial charge in [-0.25, -0.2) is 9.59 Å². The Morgan fingerprint density at radius 1 is 1.15 bits per heavy atom. The molecule has 0 aliphatic carbocycles. The molecular formula is C18H20N2O6. The molecule has 1 atom stereocenters. The minimum absolute atomic E-state index is 0.113. The predicted octanol–water partition coefficient (Wildman–Crippen LogP) is 2.52. The first kappa shape index (κ1) is 19.2. The fraction of sp³-hybridized carbons (Fsp3) is 0.333. The van der Waals surface area contributed by atoms with Crippen molar-refractivity contribution in [2.75, 3.05) is 14.2 Å². The zero-order valence-corrected chi connectivity index (χ0v) is 15.0. The summed E-state index contributed by atoms with van der Waals surface area (Å²) >= 11 is 0. The molecule has 0 spiro atoms. The lowest BCUT2D eigenvalue weighted by atomic mass is 9.82. The zero-order valence-electron chi connectivity index (χ0n) is 15.0. The number of rotatable bonds is 5. The van der Waals surface area contributed by atoms with Crippen LogP contribution in [-0.2, 0) is 19.1 Å². The van der Waals surface area contributed by atoms with Crippen molar-refractivity contribution >= 4 is 17.6 Å². The van der Waals surface area contributed by atoms with E-state index in [1.807, 2.05) is 0 Å². The Bertz CT molecular complexity index is 797. The van der Waals surface area contributed by atoms with Gasteiger partial charge in [0.1, 0.15) is 0 Å². The van der Waals surface area contributed by atoms with Crippen LogP contribution >= 0.6 is 0 Å². The van der Waals surface area contributed by atoms with Crippen LogP contribution in [0, 0.1) is 10.1 Å². The molecule has 26 heavy (non-hydrogen) atoms. The molecule has 0 aromatic heterocycles. The molecule has 1 aliphatic rings. The summed E-state index contributed by atoms with van der Waals surface area (Å²) in [6.07, 6.45) is 2.60. The van der Waals surface area contributed by atoms with Crippen LogP contribution in [0.25, 0.3) is 0 Å². The number of benzene rings is 1. The number of hydrogen-bond donors (Lipinski definition) is 0. The third-order valence-corrected chi connectivity index (χ3v) is 3.75. The Morgan fingerprint density at radius 3 is 2.27 bits per heavy atom. The Hall–Kier alpha value is -3.16. The maximum atomic E-state index is 12.6. The topological polar surface area (TPSA) is 99.0 Å². The highest BCUT2D eigenvalue weighted by Gasteiger charge is 2.38. The minimum atomic E-state index is -0.966. The summed E-state index contributed by atoms with van der Waals surface area (Å²) in [7, 11) is 2.85. The predicted molar refractivity (Wildman–Crippen MR) is 93.0 cm³/mol. The Morgan fingerprint density at radius 2 is 1.73 bits per heavy atom. The van der Waals surface area contributed by atoms with Crippen LogP contribution in [0.15, 0.2) is 47.8 Å². The third-order valence-electron chi connectivity index (χ3n) is 3.75. The van der Waals surface area contributed by atoms with Gasteiger partial charge in [0.25, 0.3) is 5.69 Å². The van der Waals surface area contributed by atoms with Crippen molar-refractivity contribution in [2.45, 2.75) is 25.9 Å². The molecule has 1 unspecified atom stereocenters. The molecule has 1 heterocycles. The molecule has 0 N–H and O–H groups in total. The highest BCUT2D eigenvalue weighted by atomic mass is 16.6. The standard InChI is InChI=1S/C18H20N2O6/c1-11(2)26-18(22)14-10-19(3)9-13(17(21)25-4)16(14)12-7-5-6-8-15(12)20(23)24/h5-11,16H,1-4H3. The summed E-state index contributed by atoms with van der Waals surface area (Å²) in [5.74, 6) is -2.29.